The lowest BCUT2D eigenvalue weighted by Gasteiger charge is -2.27. The lowest BCUT2D eigenvalue weighted by atomic mass is 10.1. The minimum Gasteiger partial charge on any atom is -0.480 e. The summed E-state index contributed by atoms with van der Waals surface area (Å²) in [5.41, 5.74) is 2.11. The van der Waals surface area contributed by atoms with Gasteiger partial charge in [-0.1, -0.05) is 29.4 Å². The largest absolute Gasteiger partial charge is 0.480 e. The Morgan fingerprint density at radius 3 is 2.89 bits per heavy atom. The molecule has 0 radical (unpaired) electrons. The zero-order chi connectivity index (χ0) is 19.4. The maximum absolute atomic E-state index is 11.0. The Bertz CT molecular complexity index is 776. The Morgan fingerprint density at radius 1 is 1.37 bits per heavy atom. The fourth-order valence-electron chi connectivity index (χ4n) is 3.77. The number of rotatable bonds is 6. The third kappa shape index (κ3) is 4.73. The maximum atomic E-state index is 11.0. The summed E-state index contributed by atoms with van der Waals surface area (Å²) in [6.07, 6.45) is 2.97. The molecule has 1 aromatic carbocycles. The van der Waals surface area contributed by atoms with E-state index in [0.717, 1.165) is 43.5 Å². The number of benzene rings is 1. The number of carboxylic acid groups (broad SMARTS) is 1. The number of hydrogen-bond donors (Lipinski definition) is 1. The van der Waals surface area contributed by atoms with Crippen LogP contribution in [0, 0.1) is 6.92 Å². The maximum Gasteiger partial charge on any atom is 0.317 e. The Balaban J connectivity index is 1.65. The summed E-state index contributed by atoms with van der Waals surface area (Å²) in [7, 11) is 1.89. The summed E-state index contributed by atoms with van der Waals surface area (Å²) >= 11 is 0. The van der Waals surface area contributed by atoms with Crippen molar-refractivity contribution in [3.05, 3.63) is 35.7 Å². The molecule has 1 aromatic heterocycles. The highest BCUT2D eigenvalue weighted by atomic mass is 16.5. The first-order chi connectivity index (χ1) is 13.0. The van der Waals surface area contributed by atoms with Crippen molar-refractivity contribution in [3.63, 3.8) is 0 Å². The molecule has 146 valence electrons. The summed E-state index contributed by atoms with van der Waals surface area (Å²) in [5, 5.41) is 13.2. The van der Waals surface area contributed by atoms with Gasteiger partial charge in [0.2, 0.25) is 11.7 Å². The molecule has 2 atom stereocenters. The van der Waals surface area contributed by atoms with Crippen LogP contribution in [-0.2, 0) is 4.79 Å². The number of aryl methyl sites for hydroxylation is 1. The van der Waals surface area contributed by atoms with Gasteiger partial charge in [0.25, 0.3) is 0 Å². The molecule has 1 fully saturated rings. The van der Waals surface area contributed by atoms with Crippen molar-refractivity contribution in [2.24, 2.45) is 0 Å². The van der Waals surface area contributed by atoms with E-state index in [1.807, 2.05) is 43.1 Å². The van der Waals surface area contributed by atoms with Gasteiger partial charge in [0.05, 0.1) is 12.6 Å². The molecule has 0 saturated carbocycles. The topological polar surface area (TPSA) is 82.7 Å². The van der Waals surface area contributed by atoms with Crippen molar-refractivity contribution in [2.45, 2.75) is 45.2 Å². The van der Waals surface area contributed by atoms with Crippen molar-refractivity contribution in [2.75, 3.05) is 26.7 Å². The minimum absolute atomic E-state index is 0.0406. The average molecular weight is 372 g/mol. The van der Waals surface area contributed by atoms with E-state index in [9.17, 15) is 4.79 Å². The Kier molecular flexibility index (Phi) is 6.23. The van der Waals surface area contributed by atoms with Crippen molar-refractivity contribution in [1.82, 2.24) is 19.9 Å². The Morgan fingerprint density at radius 2 is 2.15 bits per heavy atom. The lowest BCUT2D eigenvalue weighted by molar-refractivity contribution is -0.138. The van der Waals surface area contributed by atoms with Gasteiger partial charge in [0.15, 0.2) is 0 Å². The molecule has 1 aliphatic heterocycles. The first kappa shape index (κ1) is 19.5. The van der Waals surface area contributed by atoms with E-state index in [2.05, 4.69) is 22.0 Å². The zero-order valence-electron chi connectivity index (χ0n) is 16.3. The molecule has 0 bridgehead atoms. The molecule has 0 amide bonds. The molecule has 1 aliphatic rings. The predicted molar refractivity (Wildman–Crippen MR) is 102 cm³/mol. The first-order valence-corrected chi connectivity index (χ1v) is 9.51. The van der Waals surface area contributed by atoms with Crippen LogP contribution in [0.25, 0.3) is 11.4 Å². The fraction of sp³-hybridized carbons (Fsp3) is 0.550. The van der Waals surface area contributed by atoms with Crippen LogP contribution in [0.4, 0.5) is 0 Å². The molecule has 0 spiro atoms. The van der Waals surface area contributed by atoms with E-state index < -0.39 is 5.97 Å². The molecule has 7 heteroatoms. The van der Waals surface area contributed by atoms with Crippen LogP contribution in [0.15, 0.2) is 28.8 Å². The monoisotopic (exact) mass is 372 g/mol. The fourth-order valence-corrected chi connectivity index (χ4v) is 3.77. The van der Waals surface area contributed by atoms with Crippen molar-refractivity contribution in [1.29, 1.82) is 0 Å². The zero-order valence-corrected chi connectivity index (χ0v) is 16.3. The second-order valence-corrected chi connectivity index (χ2v) is 7.38. The van der Waals surface area contributed by atoms with E-state index in [0.29, 0.717) is 17.8 Å². The smallest absolute Gasteiger partial charge is 0.317 e. The summed E-state index contributed by atoms with van der Waals surface area (Å²) in [4.78, 5) is 19.9. The summed E-state index contributed by atoms with van der Waals surface area (Å²) in [6.45, 7) is 6.05. The van der Waals surface area contributed by atoms with Gasteiger partial charge in [-0.3, -0.25) is 14.6 Å². The normalized spacial score (nSPS) is 19.8. The summed E-state index contributed by atoms with van der Waals surface area (Å²) < 4.78 is 5.57. The van der Waals surface area contributed by atoms with E-state index in [1.165, 1.54) is 0 Å². The first-order valence-electron chi connectivity index (χ1n) is 9.51. The average Bonchev–Trinajstić information content (AvgIpc) is 2.98. The van der Waals surface area contributed by atoms with E-state index >= 15 is 0 Å². The predicted octanol–water partition coefficient (Wildman–Crippen LogP) is 2.98. The number of aliphatic carboxylic acids is 1. The van der Waals surface area contributed by atoms with E-state index in [1.54, 1.807) is 0 Å². The van der Waals surface area contributed by atoms with Crippen molar-refractivity contribution < 1.29 is 14.4 Å². The SMILES string of the molecule is Cc1ccccc1-c1noc(C(C)N2CCCC(N(C)CC(=O)O)CC2)n1. The van der Waals surface area contributed by atoms with Gasteiger partial charge in [-0.2, -0.15) is 4.98 Å². The molecule has 1 saturated heterocycles. The Labute approximate surface area is 160 Å². The molecule has 3 rings (SSSR count). The van der Waals surface area contributed by atoms with Gasteiger partial charge in [-0.15, -0.1) is 0 Å². The van der Waals surface area contributed by atoms with Crippen LogP contribution in [0.5, 0.6) is 0 Å². The highest BCUT2D eigenvalue weighted by molar-refractivity contribution is 5.69. The van der Waals surface area contributed by atoms with Gasteiger partial charge >= 0.3 is 5.97 Å². The molecule has 7 nitrogen and oxygen atoms in total. The molecule has 2 unspecified atom stereocenters. The van der Waals surface area contributed by atoms with Crippen LogP contribution in [-0.4, -0.2) is 63.7 Å². The second kappa shape index (κ2) is 8.63. The van der Waals surface area contributed by atoms with Gasteiger partial charge in [-0.05, 0) is 52.3 Å². The summed E-state index contributed by atoms with van der Waals surface area (Å²) in [5.74, 6) is 0.482. The second-order valence-electron chi connectivity index (χ2n) is 7.38. The van der Waals surface area contributed by atoms with E-state index in [-0.39, 0.29) is 12.6 Å². The molecular formula is C20H28N4O3. The van der Waals surface area contributed by atoms with Crippen LogP contribution >= 0.6 is 0 Å². The number of hydrogen-bond acceptors (Lipinski definition) is 6. The highest BCUT2D eigenvalue weighted by Crippen LogP contribution is 2.27. The van der Waals surface area contributed by atoms with Gasteiger partial charge in [0.1, 0.15) is 0 Å². The number of likely N-dealkylation sites (N-methyl/N-ethyl adjacent to an activating group) is 1. The number of nitrogens with zero attached hydrogens (tertiary/aromatic N) is 4. The van der Waals surface area contributed by atoms with Gasteiger partial charge in [-0.25, -0.2) is 0 Å². The lowest BCUT2D eigenvalue weighted by Crippen LogP contribution is -2.36. The molecule has 2 heterocycles. The highest BCUT2D eigenvalue weighted by Gasteiger charge is 2.27. The molecule has 0 aliphatic carbocycles. The van der Waals surface area contributed by atoms with Crippen LogP contribution < -0.4 is 0 Å². The quantitative estimate of drug-likeness (QED) is 0.834. The number of carboxylic acids is 1. The summed E-state index contributed by atoms with van der Waals surface area (Å²) in [6, 6.07) is 8.35. The molecule has 2 aromatic rings. The van der Waals surface area contributed by atoms with Crippen LogP contribution in [0.1, 0.15) is 43.7 Å². The standard InChI is InChI=1S/C20H28N4O3/c1-14-7-4-5-9-17(14)19-21-20(27-22-19)15(2)24-11-6-8-16(10-12-24)23(3)13-18(25)26/h4-5,7,9,15-16H,6,8,10-13H2,1-3H3,(H,25,26). The minimum atomic E-state index is -0.776. The number of carbonyl (C=O) groups is 1. The van der Waals surface area contributed by atoms with Crippen molar-refractivity contribution >= 4 is 5.97 Å². The van der Waals surface area contributed by atoms with E-state index in [4.69, 9.17) is 9.63 Å². The van der Waals surface area contributed by atoms with Crippen LogP contribution in [0.3, 0.4) is 0 Å². The number of aromatic nitrogens is 2. The third-order valence-electron chi connectivity index (χ3n) is 5.47. The Hall–Kier alpha value is -2.25. The molecule has 1 N–H and O–H groups in total. The van der Waals surface area contributed by atoms with Gasteiger partial charge in [0, 0.05) is 18.2 Å². The number of likely N-dealkylation sites (tertiary alicyclic amines) is 1. The van der Waals surface area contributed by atoms with Crippen molar-refractivity contribution in [3.8, 4) is 11.4 Å². The van der Waals surface area contributed by atoms with Gasteiger partial charge < -0.3 is 9.63 Å². The molecular weight excluding hydrogens is 344 g/mol. The third-order valence-corrected chi connectivity index (χ3v) is 5.47. The van der Waals surface area contributed by atoms with Crippen LogP contribution in [0.2, 0.25) is 0 Å². The molecule has 27 heavy (non-hydrogen) atoms.